The summed E-state index contributed by atoms with van der Waals surface area (Å²) in [5.41, 5.74) is 2.21. The van der Waals surface area contributed by atoms with Gasteiger partial charge < -0.3 is 14.8 Å². The van der Waals surface area contributed by atoms with Crippen LogP contribution >= 0.6 is 0 Å². The number of amides is 1. The smallest absolute Gasteiger partial charge is 0.228 e. The van der Waals surface area contributed by atoms with E-state index in [1.165, 1.54) is 0 Å². The van der Waals surface area contributed by atoms with Crippen molar-refractivity contribution >= 4 is 11.6 Å². The van der Waals surface area contributed by atoms with E-state index in [2.05, 4.69) is 27.5 Å². The lowest BCUT2D eigenvalue weighted by atomic mass is 9.93. The highest BCUT2D eigenvalue weighted by Gasteiger charge is 2.60. The highest BCUT2D eigenvalue weighted by atomic mass is 16.5. The average molecular weight is 406 g/mol. The molecule has 1 aliphatic rings. The Morgan fingerprint density at radius 1 is 1.30 bits per heavy atom. The van der Waals surface area contributed by atoms with E-state index in [9.17, 15) is 4.79 Å². The van der Waals surface area contributed by atoms with Gasteiger partial charge in [-0.2, -0.15) is 5.10 Å². The maximum absolute atomic E-state index is 13.0. The predicted molar refractivity (Wildman–Crippen MR) is 114 cm³/mol. The van der Waals surface area contributed by atoms with Crippen LogP contribution in [0.5, 0.6) is 11.5 Å². The number of hydrogen-bond acceptors (Lipinski definition) is 5. The lowest BCUT2D eigenvalue weighted by Gasteiger charge is -2.19. The van der Waals surface area contributed by atoms with Crippen LogP contribution in [-0.2, 0) is 16.8 Å². The number of nitrogens with one attached hydrogen (secondary N) is 1. The number of carbonyl (C=O) groups is 1. The van der Waals surface area contributed by atoms with Crippen molar-refractivity contribution in [3.63, 3.8) is 0 Å². The fourth-order valence-electron chi connectivity index (χ4n) is 3.82. The SMILES string of the molecule is CCn1cc(OC[C@@]2(c3ccccc3)C[C@H]2C(=O)Nc2cncc(OC)c2)c(C)n1. The minimum atomic E-state index is -0.363. The molecule has 2 atom stereocenters. The number of benzene rings is 1. The van der Waals surface area contributed by atoms with Gasteiger partial charge in [0.05, 0.1) is 43.9 Å². The molecule has 30 heavy (non-hydrogen) atoms. The molecular weight excluding hydrogens is 380 g/mol. The Hall–Kier alpha value is -3.35. The van der Waals surface area contributed by atoms with Crippen molar-refractivity contribution in [2.75, 3.05) is 19.0 Å². The van der Waals surface area contributed by atoms with Gasteiger partial charge in [-0.1, -0.05) is 30.3 Å². The van der Waals surface area contributed by atoms with Crippen molar-refractivity contribution in [3.8, 4) is 11.5 Å². The van der Waals surface area contributed by atoms with Crippen LogP contribution in [-0.4, -0.2) is 34.4 Å². The number of pyridine rings is 1. The summed E-state index contributed by atoms with van der Waals surface area (Å²) < 4.78 is 13.2. The molecule has 1 fully saturated rings. The molecule has 1 N–H and O–H groups in total. The highest BCUT2D eigenvalue weighted by Crippen LogP contribution is 2.55. The highest BCUT2D eigenvalue weighted by molar-refractivity contribution is 5.96. The van der Waals surface area contributed by atoms with Crippen LogP contribution in [0.4, 0.5) is 5.69 Å². The zero-order chi connectivity index (χ0) is 21.1. The van der Waals surface area contributed by atoms with E-state index < -0.39 is 0 Å². The van der Waals surface area contributed by atoms with Gasteiger partial charge in [0.15, 0.2) is 5.75 Å². The molecule has 1 amide bonds. The van der Waals surface area contributed by atoms with Crippen LogP contribution in [0.15, 0.2) is 55.0 Å². The van der Waals surface area contributed by atoms with Gasteiger partial charge in [-0.25, -0.2) is 0 Å². The molecule has 3 aromatic rings. The number of rotatable bonds is 8. The van der Waals surface area contributed by atoms with Gasteiger partial charge in [0, 0.05) is 18.0 Å². The normalized spacial score (nSPS) is 19.9. The predicted octanol–water partition coefficient (Wildman–Crippen LogP) is 3.59. The van der Waals surface area contributed by atoms with E-state index >= 15 is 0 Å². The van der Waals surface area contributed by atoms with Gasteiger partial charge in [-0.15, -0.1) is 0 Å². The van der Waals surface area contributed by atoms with E-state index in [1.807, 2.05) is 42.9 Å². The van der Waals surface area contributed by atoms with E-state index in [4.69, 9.17) is 9.47 Å². The van der Waals surface area contributed by atoms with E-state index in [0.29, 0.717) is 18.0 Å². The molecule has 7 heteroatoms. The maximum atomic E-state index is 13.0. The lowest BCUT2D eigenvalue weighted by molar-refractivity contribution is -0.117. The number of methoxy groups -OCH3 is 1. The summed E-state index contributed by atoms with van der Waals surface area (Å²) in [5.74, 6) is 1.13. The first-order valence-electron chi connectivity index (χ1n) is 10.1. The number of carbonyl (C=O) groups excluding carboxylic acids is 1. The quantitative estimate of drug-likeness (QED) is 0.619. The fraction of sp³-hybridized carbons (Fsp3) is 0.348. The third kappa shape index (κ3) is 3.87. The Balaban J connectivity index is 1.53. The minimum absolute atomic E-state index is 0.0431. The average Bonchev–Trinajstić information content (AvgIpc) is 3.42. The van der Waals surface area contributed by atoms with Gasteiger partial charge in [-0.05, 0) is 25.8 Å². The molecule has 1 aliphatic carbocycles. The topological polar surface area (TPSA) is 78.3 Å². The summed E-state index contributed by atoms with van der Waals surface area (Å²) in [4.78, 5) is 17.1. The largest absolute Gasteiger partial charge is 0.495 e. The Kier molecular flexibility index (Phi) is 5.44. The maximum Gasteiger partial charge on any atom is 0.228 e. The molecule has 7 nitrogen and oxygen atoms in total. The molecule has 1 saturated carbocycles. The van der Waals surface area contributed by atoms with Crippen LogP contribution in [0.2, 0.25) is 0 Å². The number of ether oxygens (including phenoxy) is 2. The monoisotopic (exact) mass is 406 g/mol. The molecule has 0 spiro atoms. The molecule has 156 valence electrons. The molecule has 1 aromatic carbocycles. The Bertz CT molecular complexity index is 1030. The van der Waals surface area contributed by atoms with Crippen molar-refractivity contribution in [2.24, 2.45) is 5.92 Å². The molecule has 0 radical (unpaired) electrons. The summed E-state index contributed by atoms with van der Waals surface area (Å²) in [6, 6.07) is 11.9. The summed E-state index contributed by atoms with van der Waals surface area (Å²) >= 11 is 0. The van der Waals surface area contributed by atoms with E-state index in [1.54, 1.807) is 25.6 Å². The van der Waals surface area contributed by atoms with E-state index in [0.717, 1.165) is 30.0 Å². The molecule has 0 aliphatic heterocycles. The van der Waals surface area contributed by atoms with Gasteiger partial charge in [0.25, 0.3) is 0 Å². The molecule has 0 saturated heterocycles. The van der Waals surface area contributed by atoms with Crippen molar-refractivity contribution in [2.45, 2.75) is 32.2 Å². The summed E-state index contributed by atoms with van der Waals surface area (Å²) in [6.07, 6.45) is 5.86. The Morgan fingerprint density at radius 3 is 2.80 bits per heavy atom. The van der Waals surface area contributed by atoms with Gasteiger partial charge in [-0.3, -0.25) is 14.5 Å². The second-order valence-electron chi connectivity index (χ2n) is 7.60. The third-order valence-electron chi connectivity index (χ3n) is 5.67. The zero-order valence-electron chi connectivity index (χ0n) is 17.5. The van der Waals surface area contributed by atoms with Gasteiger partial charge >= 0.3 is 0 Å². The van der Waals surface area contributed by atoms with Crippen LogP contribution in [0.1, 0.15) is 24.6 Å². The van der Waals surface area contributed by atoms with Crippen molar-refractivity contribution in [3.05, 3.63) is 66.2 Å². The van der Waals surface area contributed by atoms with Crippen LogP contribution < -0.4 is 14.8 Å². The first kappa shape index (κ1) is 19.9. The first-order valence-corrected chi connectivity index (χ1v) is 10.1. The zero-order valence-corrected chi connectivity index (χ0v) is 17.5. The number of hydrogen-bond donors (Lipinski definition) is 1. The molecule has 4 rings (SSSR count). The third-order valence-corrected chi connectivity index (χ3v) is 5.67. The molecular formula is C23H26N4O3. The van der Waals surface area contributed by atoms with Crippen LogP contribution in [0.25, 0.3) is 0 Å². The first-order chi connectivity index (χ1) is 14.6. The number of aromatic nitrogens is 3. The number of nitrogens with zero attached hydrogens (tertiary/aromatic N) is 3. The summed E-state index contributed by atoms with van der Waals surface area (Å²) in [6.45, 7) is 5.18. The van der Waals surface area contributed by atoms with Crippen molar-refractivity contribution in [1.82, 2.24) is 14.8 Å². The van der Waals surface area contributed by atoms with Gasteiger partial charge in [0.2, 0.25) is 5.91 Å². The Labute approximate surface area is 176 Å². The molecule has 0 bridgehead atoms. The molecule has 0 unspecified atom stereocenters. The standard InChI is InChI=1S/C23H26N4O3/c1-4-27-14-21(16(2)26-27)30-15-23(17-8-6-5-7-9-17)11-20(23)22(28)25-18-10-19(29-3)13-24-12-18/h5-10,12-14,20H,4,11,15H2,1-3H3,(H,25,28)/t20-,23+/m0/s1. The number of aryl methyl sites for hydroxylation is 2. The summed E-state index contributed by atoms with van der Waals surface area (Å²) in [7, 11) is 1.57. The van der Waals surface area contributed by atoms with Crippen LogP contribution in [0, 0.1) is 12.8 Å². The summed E-state index contributed by atoms with van der Waals surface area (Å²) in [5, 5.41) is 7.42. The van der Waals surface area contributed by atoms with Gasteiger partial charge in [0.1, 0.15) is 11.4 Å². The lowest BCUT2D eigenvalue weighted by Crippen LogP contribution is -2.26. The fourth-order valence-corrected chi connectivity index (χ4v) is 3.82. The Morgan fingerprint density at radius 2 is 2.10 bits per heavy atom. The van der Waals surface area contributed by atoms with Crippen molar-refractivity contribution in [1.29, 1.82) is 0 Å². The van der Waals surface area contributed by atoms with Crippen LogP contribution in [0.3, 0.4) is 0 Å². The minimum Gasteiger partial charge on any atom is -0.495 e. The molecule has 2 aromatic heterocycles. The molecule has 2 heterocycles. The number of anilines is 1. The second-order valence-corrected chi connectivity index (χ2v) is 7.60. The van der Waals surface area contributed by atoms with E-state index in [-0.39, 0.29) is 17.2 Å². The second kappa shape index (κ2) is 8.18. The van der Waals surface area contributed by atoms with Crippen molar-refractivity contribution < 1.29 is 14.3 Å².